The zero-order valence-electron chi connectivity index (χ0n) is 7.92. The number of nitrogens with two attached hydrogens (primary N) is 1. The molecule has 1 aliphatic rings. The van der Waals surface area contributed by atoms with E-state index in [-0.39, 0.29) is 0 Å². The average molecular weight is 157 g/mol. The summed E-state index contributed by atoms with van der Waals surface area (Å²) in [5.74, 6) is 0.558. The number of hydrogen-bond donors (Lipinski definition) is 1. The van der Waals surface area contributed by atoms with E-state index < -0.39 is 0 Å². The molecule has 0 aliphatic heterocycles. The van der Waals surface area contributed by atoms with Gasteiger partial charge in [-0.1, -0.05) is 13.8 Å². The molecule has 1 fully saturated rings. The molecule has 2 N–H and O–H groups in total. The summed E-state index contributed by atoms with van der Waals surface area (Å²) in [6.07, 6.45) is 0.324. The SMILES string of the molecule is CCOC(C)[C@@H]1[C@@H](N)C1(C)C. The Bertz CT molecular complexity index is 144. The maximum Gasteiger partial charge on any atom is 0.0595 e. The molecular formula is C9H19NO. The van der Waals surface area contributed by atoms with Crippen LogP contribution in [0.5, 0.6) is 0 Å². The number of hydrogen-bond acceptors (Lipinski definition) is 2. The van der Waals surface area contributed by atoms with Gasteiger partial charge in [0.25, 0.3) is 0 Å². The third-order valence-electron chi connectivity index (χ3n) is 2.93. The van der Waals surface area contributed by atoms with Crippen LogP contribution in [0.4, 0.5) is 0 Å². The Morgan fingerprint density at radius 1 is 1.55 bits per heavy atom. The van der Waals surface area contributed by atoms with Crippen molar-refractivity contribution in [1.82, 2.24) is 0 Å². The molecule has 3 atom stereocenters. The molecule has 0 aromatic carbocycles. The molecule has 0 aromatic heterocycles. The lowest BCUT2D eigenvalue weighted by atomic mass is 10.1. The van der Waals surface area contributed by atoms with Crippen LogP contribution in [0.2, 0.25) is 0 Å². The molecule has 0 aromatic rings. The fraction of sp³-hybridized carbons (Fsp3) is 1.00. The maximum atomic E-state index is 5.90. The summed E-state index contributed by atoms with van der Waals surface area (Å²) in [6.45, 7) is 9.34. The second-order valence-corrected chi connectivity index (χ2v) is 4.03. The van der Waals surface area contributed by atoms with Gasteiger partial charge in [0.2, 0.25) is 0 Å². The van der Waals surface area contributed by atoms with Crippen LogP contribution < -0.4 is 5.73 Å². The summed E-state index contributed by atoms with van der Waals surface area (Å²) in [7, 11) is 0. The van der Waals surface area contributed by atoms with Crippen molar-refractivity contribution >= 4 is 0 Å². The molecule has 11 heavy (non-hydrogen) atoms. The molecule has 0 radical (unpaired) electrons. The van der Waals surface area contributed by atoms with Gasteiger partial charge in [0.1, 0.15) is 0 Å². The maximum absolute atomic E-state index is 5.90. The van der Waals surface area contributed by atoms with E-state index in [1.807, 2.05) is 6.92 Å². The minimum atomic E-state index is 0.300. The normalized spacial score (nSPS) is 36.8. The average Bonchev–Trinajstić information content (AvgIpc) is 2.34. The summed E-state index contributed by atoms with van der Waals surface area (Å²) < 4.78 is 5.49. The largest absolute Gasteiger partial charge is 0.378 e. The van der Waals surface area contributed by atoms with E-state index in [2.05, 4.69) is 20.8 Å². The molecular weight excluding hydrogens is 138 g/mol. The first-order valence-corrected chi connectivity index (χ1v) is 4.39. The van der Waals surface area contributed by atoms with Gasteiger partial charge in [-0.05, 0) is 19.3 Å². The van der Waals surface area contributed by atoms with Gasteiger partial charge in [-0.15, -0.1) is 0 Å². The number of rotatable bonds is 3. The Kier molecular flexibility index (Phi) is 2.26. The molecule has 0 heterocycles. The Balaban J connectivity index is 2.40. The quantitative estimate of drug-likeness (QED) is 0.672. The first kappa shape index (κ1) is 9.01. The van der Waals surface area contributed by atoms with Crippen LogP contribution in [0.25, 0.3) is 0 Å². The highest BCUT2D eigenvalue weighted by molar-refractivity contribution is 5.11. The number of ether oxygens (including phenoxy) is 1. The summed E-state index contributed by atoms with van der Waals surface area (Å²) >= 11 is 0. The summed E-state index contributed by atoms with van der Waals surface area (Å²) in [5.41, 5.74) is 6.20. The van der Waals surface area contributed by atoms with Crippen LogP contribution in [-0.4, -0.2) is 18.8 Å². The molecule has 0 amide bonds. The molecule has 0 bridgehead atoms. The van der Waals surface area contributed by atoms with Crippen LogP contribution in [0.3, 0.4) is 0 Å². The van der Waals surface area contributed by atoms with Crippen molar-refractivity contribution < 1.29 is 4.74 Å². The highest BCUT2D eigenvalue weighted by Gasteiger charge is 2.58. The minimum absolute atomic E-state index is 0.300. The van der Waals surface area contributed by atoms with Crippen LogP contribution in [0.15, 0.2) is 0 Å². The van der Waals surface area contributed by atoms with Gasteiger partial charge in [0.15, 0.2) is 0 Å². The first-order chi connectivity index (χ1) is 5.01. The Morgan fingerprint density at radius 2 is 2.00 bits per heavy atom. The van der Waals surface area contributed by atoms with E-state index in [1.54, 1.807) is 0 Å². The Morgan fingerprint density at radius 3 is 2.27 bits per heavy atom. The van der Waals surface area contributed by atoms with E-state index in [0.29, 0.717) is 23.5 Å². The van der Waals surface area contributed by atoms with E-state index in [9.17, 15) is 0 Å². The topological polar surface area (TPSA) is 35.2 Å². The smallest absolute Gasteiger partial charge is 0.0595 e. The molecule has 0 saturated heterocycles. The summed E-state index contributed by atoms with van der Waals surface area (Å²) in [4.78, 5) is 0. The third kappa shape index (κ3) is 1.42. The van der Waals surface area contributed by atoms with E-state index in [1.165, 1.54) is 0 Å². The molecule has 1 saturated carbocycles. The van der Waals surface area contributed by atoms with E-state index >= 15 is 0 Å². The highest BCUT2D eigenvalue weighted by Crippen LogP contribution is 2.52. The van der Waals surface area contributed by atoms with Crippen molar-refractivity contribution in [2.24, 2.45) is 17.1 Å². The van der Waals surface area contributed by atoms with Gasteiger partial charge in [-0.2, -0.15) is 0 Å². The highest BCUT2D eigenvalue weighted by atomic mass is 16.5. The summed E-state index contributed by atoms with van der Waals surface area (Å²) in [5, 5.41) is 0. The minimum Gasteiger partial charge on any atom is -0.378 e. The van der Waals surface area contributed by atoms with Crippen molar-refractivity contribution in [3.63, 3.8) is 0 Å². The van der Waals surface area contributed by atoms with Gasteiger partial charge in [-0.25, -0.2) is 0 Å². The second-order valence-electron chi connectivity index (χ2n) is 4.03. The lowest BCUT2D eigenvalue weighted by molar-refractivity contribution is 0.0517. The zero-order chi connectivity index (χ0) is 8.65. The predicted molar refractivity (Wildman–Crippen MR) is 46.3 cm³/mol. The molecule has 1 rings (SSSR count). The van der Waals surface area contributed by atoms with Gasteiger partial charge in [0, 0.05) is 18.6 Å². The van der Waals surface area contributed by atoms with Gasteiger partial charge in [0.05, 0.1) is 6.10 Å². The molecule has 0 spiro atoms. The van der Waals surface area contributed by atoms with Crippen LogP contribution in [0.1, 0.15) is 27.7 Å². The van der Waals surface area contributed by atoms with Crippen LogP contribution >= 0.6 is 0 Å². The standard InChI is InChI=1S/C9H19NO/c1-5-11-6(2)7-8(10)9(7,3)4/h6-8H,5,10H2,1-4H3/t6?,7-,8-/m1/s1. The fourth-order valence-electron chi connectivity index (χ4n) is 1.98. The molecule has 2 heteroatoms. The van der Waals surface area contributed by atoms with Crippen LogP contribution in [0, 0.1) is 11.3 Å². The van der Waals surface area contributed by atoms with Crippen LogP contribution in [-0.2, 0) is 4.74 Å². The summed E-state index contributed by atoms with van der Waals surface area (Å²) in [6, 6.07) is 0.337. The van der Waals surface area contributed by atoms with Crippen molar-refractivity contribution in [3.05, 3.63) is 0 Å². The second kappa shape index (κ2) is 2.76. The van der Waals surface area contributed by atoms with E-state index in [0.717, 1.165) is 6.61 Å². The van der Waals surface area contributed by atoms with E-state index in [4.69, 9.17) is 10.5 Å². The zero-order valence-corrected chi connectivity index (χ0v) is 7.92. The third-order valence-corrected chi connectivity index (χ3v) is 2.93. The fourth-order valence-corrected chi connectivity index (χ4v) is 1.98. The van der Waals surface area contributed by atoms with Crippen molar-refractivity contribution in [2.75, 3.05) is 6.61 Å². The lowest BCUT2D eigenvalue weighted by Gasteiger charge is -2.12. The van der Waals surface area contributed by atoms with Crippen molar-refractivity contribution in [3.8, 4) is 0 Å². The predicted octanol–water partition coefficient (Wildman–Crippen LogP) is 1.39. The molecule has 1 unspecified atom stereocenters. The van der Waals surface area contributed by atoms with Crippen molar-refractivity contribution in [1.29, 1.82) is 0 Å². The van der Waals surface area contributed by atoms with Gasteiger partial charge < -0.3 is 10.5 Å². The molecule has 66 valence electrons. The molecule has 1 aliphatic carbocycles. The monoisotopic (exact) mass is 157 g/mol. The van der Waals surface area contributed by atoms with Crippen molar-refractivity contribution in [2.45, 2.75) is 39.8 Å². The van der Waals surface area contributed by atoms with Gasteiger partial charge >= 0.3 is 0 Å². The lowest BCUT2D eigenvalue weighted by Crippen LogP contribution is -2.16. The van der Waals surface area contributed by atoms with Gasteiger partial charge in [-0.3, -0.25) is 0 Å². The first-order valence-electron chi connectivity index (χ1n) is 4.39. The Labute approximate surface area is 69.1 Å². The Hall–Kier alpha value is -0.0800. The molecule has 2 nitrogen and oxygen atoms in total.